The zero-order valence-electron chi connectivity index (χ0n) is 14.8. The van der Waals surface area contributed by atoms with Crippen LogP contribution >= 0.6 is 15.9 Å². The van der Waals surface area contributed by atoms with E-state index < -0.39 is 5.97 Å². The van der Waals surface area contributed by atoms with E-state index in [2.05, 4.69) is 41.9 Å². The van der Waals surface area contributed by atoms with E-state index in [-0.39, 0.29) is 6.42 Å². The van der Waals surface area contributed by atoms with Gasteiger partial charge in [0.05, 0.1) is 17.8 Å². The standard InChI is InChI=1S/C21H21BrN2O2/c1-14(2)12-15-8-10-16(11-9-15)20-18(13-19(25)26)21(22)24(23-20)17-6-4-3-5-7-17/h3-11,14H,12-13H2,1-2H3,(H,25,26). The van der Waals surface area contributed by atoms with Crippen molar-refractivity contribution in [3.05, 3.63) is 70.3 Å². The minimum absolute atomic E-state index is 0.0868. The predicted octanol–water partition coefficient (Wildman–Crippen LogP) is 5.13. The van der Waals surface area contributed by atoms with E-state index in [0.717, 1.165) is 17.7 Å². The van der Waals surface area contributed by atoms with Crippen LogP contribution < -0.4 is 0 Å². The molecule has 0 atom stereocenters. The highest BCUT2D eigenvalue weighted by molar-refractivity contribution is 9.10. The van der Waals surface area contributed by atoms with Crippen molar-refractivity contribution in [3.63, 3.8) is 0 Å². The van der Waals surface area contributed by atoms with Gasteiger partial charge in [0, 0.05) is 11.1 Å². The first-order chi connectivity index (χ1) is 12.5. The van der Waals surface area contributed by atoms with Gasteiger partial charge in [0.25, 0.3) is 0 Å². The molecule has 3 aromatic rings. The third-order valence-corrected chi connectivity index (χ3v) is 4.94. The molecular formula is C21H21BrN2O2. The molecule has 1 heterocycles. The van der Waals surface area contributed by atoms with E-state index in [9.17, 15) is 9.90 Å². The number of hydrogen-bond donors (Lipinski definition) is 1. The van der Waals surface area contributed by atoms with Crippen LogP contribution in [0.25, 0.3) is 16.9 Å². The van der Waals surface area contributed by atoms with Gasteiger partial charge < -0.3 is 5.11 Å². The Bertz CT molecular complexity index is 900. The van der Waals surface area contributed by atoms with Gasteiger partial charge in [-0.25, -0.2) is 4.68 Å². The highest BCUT2D eigenvalue weighted by Crippen LogP contribution is 2.32. The van der Waals surface area contributed by atoms with Gasteiger partial charge in [-0.05, 0) is 46.0 Å². The Balaban J connectivity index is 2.06. The summed E-state index contributed by atoms with van der Waals surface area (Å²) in [6.07, 6.45) is 0.931. The van der Waals surface area contributed by atoms with E-state index >= 15 is 0 Å². The summed E-state index contributed by atoms with van der Waals surface area (Å²) in [4.78, 5) is 11.4. The first kappa shape index (κ1) is 18.4. The van der Waals surface area contributed by atoms with Crippen molar-refractivity contribution in [1.82, 2.24) is 9.78 Å². The molecule has 0 aliphatic rings. The zero-order valence-corrected chi connectivity index (χ0v) is 16.4. The van der Waals surface area contributed by atoms with E-state index in [1.807, 2.05) is 42.5 Å². The molecule has 0 bridgehead atoms. The van der Waals surface area contributed by atoms with Crippen LogP contribution in [0, 0.1) is 5.92 Å². The second-order valence-electron chi connectivity index (χ2n) is 6.73. The second kappa shape index (κ2) is 7.87. The number of carbonyl (C=O) groups is 1. The molecule has 0 fully saturated rings. The molecule has 4 nitrogen and oxygen atoms in total. The van der Waals surface area contributed by atoms with Crippen molar-refractivity contribution >= 4 is 21.9 Å². The molecule has 5 heteroatoms. The van der Waals surface area contributed by atoms with E-state index in [4.69, 9.17) is 5.10 Å². The number of hydrogen-bond acceptors (Lipinski definition) is 2. The number of aromatic nitrogens is 2. The molecule has 2 aromatic carbocycles. The number of halogens is 1. The number of rotatable bonds is 6. The van der Waals surface area contributed by atoms with Crippen LogP contribution in [0.3, 0.4) is 0 Å². The summed E-state index contributed by atoms with van der Waals surface area (Å²) in [5.74, 6) is -0.286. The molecule has 0 saturated heterocycles. The van der Waals surface area contributed by atoms with Crippen molar-refractivity contribution in [2.24, 2.45) is 5.92 Å². The summed E-state index contributed by atoms with van der Waals surface area (Å²) in [6, 6.07) is 17.9. The fourth-order valence-corrected chi connectivity index (χ4v) is 3.59. The Labute approximate surface area is 161 Å². The second-order valence-corrected chi connectivity index (χ2v) is 7.48. The first-order valence-electron chi connectivity index (χ1n) is 8.59. The van der Waals surface area contributed by atoms with Crippen molar-refractivity contribution < 1.29 is 9.90 Å². The number of carboxylic acids is 1. The lowest BCUT2D eigenvalue weighted by Crippen LogP contribution is -2.02. The maximum absolute atomic E-state index is 11.4. The summed E-state index contributed by atoms with van der Waals surface area (Å²) in [5.41, 5.74) is 4.44. The topological polar surface area (TPSA) is 55.1 Å². The molecule has 0 spiro atoms. The Morgan fingerprint density at radius 1 is 1.12 bits per heavy atom. The molecule has 0 saturated carbocycles. The van der Waals surface area contributed by atoms with Crippen LogP contribution in [0.1, 0.15) is 25.0 Å². The Morgan fingerprint density at radius 2 is 1.77 bits per heavy atom. The predicted molar refractivity (Wildman–Crippen MR) is 107 cm³/mol. The molecule has 0 unspecified atom stereocenters. The van der Waals surface area contributed by atoms with Gasteiger partial charge in [-0.15, -0.1) is 0 Å². The lowest BCUT2D eigenvalue weighted by molar-refractivity contribution is -0.136. The van der Waals surface area contributed by atoms with Gasteiger partial charge in [0.15, 0.2) is 0 Å². The molecule has 3 rings (SSSR count). The summed E-state index contributed by atoms with van der Waals surface area (Å²) in [5, 5.41) is 14.0. The molecule has 0 amide bonds. The number of carboxylic acid groups (broad SMARTS) is 1. The number of benzene rings is 2. The lowest BCUT2D eigenvalue weighted by Gasteiger charge is -2.06. The Morgan fingerprint density at radius 3 is 2.35 bits per heavy atom. The number of para-hydroxylation sites is 1. The van der Waals surface area contributed by atoms with Crippen LogP contribution in [0.15, 0.2) is 59.2 Å². The Hall–Kier alpha value is -2.40. The molecule has 1 N–H and O–H groups in total. The van der Waals surface area contributed by atoms with Crippen LogP contribution in [-0.4, -0.2) is 20.9 Å². The maximum atomic E-state index is 11.4. The fourth-order valence-electron chi connectivity index (χ4n) is 2.98. The Kier molecular flexibility index (Phi) is 5.57. The summed E-state index contributed by atoms with van der Waals surface area (Å²) < 4.78 is 2.42. The smallest absolute Gasteiger partial charge is 0.308 e. The quantitative estimate of drug-likeness (QED) is 0.610. The van der Waals surface area contributed by atoms with Gasteiger partial charge in [-0.3, -0.25) is 4.79 Å². The van der Waals surface area contributed by atoms with Gasteiger partial charge in [0.1, 0.15) is 4.60 Å². The van der Waals surface area contributed by atoms with Crippen molar-refractivity contribution in [1.29, 1.82) is 0 Å². The molecule has 0 aliphatic heterocycles. The van der Waals surface area contributed by atoms with Crippen molar-refractivity contribution in [3.8, 4) is 16.9 Å². The minimum atomic E-state index is -0.879. The van der Waals surface area contributed by atoms with Crippen LogP contribution in [0.5, 0.6) is 0 Å². The van der Waals surface area contributed by atoms with Crippen LogP contribution in [0.2, 0.25) is 0 Å². The maximum Gasteiger partial charge on any atom is 0.308 e. The monoisotopic (exact) mass is 412 g/mol. The van der Waals surface area contributed by atoms with Gasteiger partial charge >= 0.3 is 5.97 Å². The molecule has 0 aliphatic carbocycles. The highest BCUT2D eigenvalue weighted by Gasteiger charge is 2.20. The van der Waals surface area contributed by atoms with E-state index in [1.165, 1.54) is 5.56 Å². The molecule has 0 radical (unpaired) electrons. The van der Waals surface area contributed by atoms with Gasteiger partial charge in [-0.1, -0.05) is 56.3 Å². The average molecular weight is 413 g/mol. The molecule has 26 heavy (non-hydrogen) atoms. The SMILES string of the molecule is CC(C)Cc1ccc(-c2nn(-c3ccccc3)c(Br)c2CC(=O)O)cc1. The van der Waals surface area contributed by atoms with E-state index in [1.54, 1.807) is 4.68 Å². The largest absolute Gasteiger partial charge is 0.481 e. The number of nitrogens with zero attached hydrogens (tertiary/aromatic N) is 2. The first-order valence-corrected chi connectivity index (χ1v) is 9.39. The lowest BCUT2D eigenvalue weighted by atomic mass is 9.99. The van der Waals surface area contributed by atoms with E-state index in [0.29, 0.717) is 21.8 Å². The molecular weight excluding hydrogens is 392 g/mol. The van der Waals surface area contributed by atoms with Gasteiger partial charge in [0.2, 0.25) is 0 Å². The minimum Gasteiger partial charge on any atom is -0.481 e. The summed E-state index contributed by atoms with van der Waals surface area (Å²) in [6.45, 7) is 4.38. The average Bonchev–Trinajstić information content (AvgIpc) is 2.92. The summed E-state index contributed by atoms with van der Waals surface area (Å²) >= 11 is 3.55. The third-order valence-electron chi connectivity index (χ3n) is 4.12. The highest BCUT2D eigenvalue weighted by atomic mass is 79.9. The molecule has 1 aromatic heterocycles. The summed E-state index contributed by atoms with van der Waals surface area (Å²) in [7, 11) is 0. The normalized spacial score (nSPS) is 11.1. The van der Waals surface area contributed by atoms with Crippen LogP contribution in [0.4, 0.5) is 0 Å². The van der Waals surface area contributed by atoms with Gasteiger partial charge in [-0.2, -0.15) is 5.10 Å². The zero-order chi connectivity index (χ0) is 18.7. The number of aliphatic carboxylic acids is 1. The molecule has 134 valence electrons. The fraction of sp³-hybridized carbons (Fsp3) is 0.238. The van der Waals surface area contributed by atoms with Crippen molar-refractivity contribution in [2.75, 3.05) is 0 Å². The van der Waals surface area contributed by atoms with Crippen LogP contribution in [-0.2, 0) is 17.6 Å². The third kappa shape index (κ3) is 4.05. The van der Waals surface area contributed by atoms with Crippen molar-refractivity contribution in [2.45, 2.75) is 26.7 Å².